The third kappa shape index (κ3) is 3.79. The van der Waals surface area contributed by atoms with Gasteiger partial charge in [-0.2, -0.15) is 0 Å². The summed E-state index contributed by atoms with van der Waals surface area (Å²) in [5.74, 6) is 0. The van der Waals surface area contributed by atoms with Gasteiger partial charge in [-0.15, -0.1) is 0 Å². The maximum atomic E-state index is 8.99. The Labute approximate surface area is 60.4 Å². The van der Waals surface area contributed by atoms with Gasteiger partial charge >= 0.3 is 0 Å². The van der Waals surface area contributed by atoms with Crippen LogP contribution in [-0.2, 0) is 9.47 Å². The predicted molar refractivity (Wildman–Crippen MR) is 35.8 cm³/mol. The van der Waals surface area contributed by atoms with E-state index >= 15 is 0 Å². The van der Waals surface area contributed by atoms with E-state index in [1.54, 1.807) is 0 Å². The molecule has 0 saturated carbocycles. The lowest BCUT2D eigenvalue weighted by Crippen LogP contribution is -2.33. The van der Waals surface area contributed by atoms with Crippen molar-refractivity contribution in [3.63, 3.8) is 0 Å². The summed E-state index contributed by atoms with van der Waals surface area (Å²) in [6, 6.07) is 0. The van der Waals surface area contributed by atoms with Crippen LogP contribution in [-0.4, -0.2) is 49.9 Å². The van der Waals surface area contributed by atoms with E-state index in [1.807, 2.05) is 0 Å². The molecule has 0 spiro atoms. The topological polar surface area (TPSA) is 58.9 Å². The van der Waals surface area contributed by atoms with Crippen molar-refractivity contribution in [2.24, 2.45) is 0 Å². The third-order valence-electron chi connectivity index (χ3n) is 1.12. The molecule has 62 valence electrons. The average molecular weight is 150 g/mol. The van der Waals surface area contributed by atoms with Gasteiger partial charge < -0.3 is 19.7 Å². The predicted octanol–water partition coefficient (Wildman–Crippen LogP) is -0.999. The first-order valence-corrected chi connectivity index (χ1v) is 3.06. The number of hydrogen-bond donors (Lipinski definition) is 2. The molecule has 0 aliphatic heterocycles. The minimum Gasteiger partial charge on any atom is -0.388 e. The van der Waals surface area contributed by atoms with Gasteiger partial charge in [0.05, 0.1) is 13.2 Å². The second-order valence-corrected chi connectivity index (χ2v) is 2.05. The zero-order chi connectivity index (χ0) is 7.98. The van der Waals surface area contributed by atoms with Crippen LogP contribution >= 0.6 is 0 Å². The van der Waals surface area contributed by atoms with Gasteiger partial charge in [-0.25, -0.2) is 0 Å². The van der Waals surface area contributed by atoms with E-state index in [1.165, 1.54) is 14.2 Å². The quantitative estimate of drug-likeness (QED) is 0.528. The highest BCUT2D eigenvalue weighted by Crippen LogP contribution is 1.93. The fourth-order valence-electron chi connectivity index (χ4n) is 0.564. The fourth-order valence-corrected chi connectivity index (χ4v) is 0.564. The van der Waals surface area contributed by atoms with Crippen LogP contribution in [0, 0.1) is 0 Å². The van der Waals surface area contributed by atoms with Crippen LogP contribution in [0.15, 0.2) is 0 Å². The maximum Gasteiger partial charge on any atom is 0.105 e. The molecule has 0 amide bonds. The van der Waals surface area contributed by atoms with Crippen LogP contribution in [0.1, 0.15) is 0 Å². The maximum absolute atomic E-state index is 8.99. The highest BCUT2D eigenvalue weighted by molar-refractivity contribution is 4.64. The zero-order valence-corrected chi connectivity index (χ0v) is 6.28. The Balaban J connectivity index is 3.38. The molecule has 0 heterocycles. The van der Waals surface area contributed by atoms with Crippen LogP contribution in [0.3, 0.4) is 0 Å². The van der Waals surface area contributed by atoms with Gasteiger partial charge in [0.15, 0.2) is 0 Å². The number of hydrogen-bond acceptors (Lipinski definition) is 4. The van der Waals surface area contributed by atoms with Gasteiger partial charge in [0.25, 0.3) is 0 Å². The van der Waals surface area contributed by atoms with E-state index in [9.17, 15) is 0 Å². The van der Waals surface area contributed by atoms with Crippen LogP contribution in [0.25, 0.3) is 0 Å². The zero-order valence-electron chi connectivity index (χ0n) is 6.28. The largest absolute Gasteiger partial charge is 0.388 e. The minimum absolute atomic E-state index is 0.129. The molecular weight excluding hydrogens is 136 g/mol. The molecule has 4 nitrogen and oxygen atoms in total. The second-order valence-electron chi connectivity index (χ2n) is 2.05. The van der Waals surface area contributed by atoms with Crippen molar-refractivity contribution in [2.75, 3.05) is 27.4 Å². The second kappa shape index (κ2) is 5.61. The van der Waals surface area contributed by atoms with Crippen LogP contribution < -0.4 is 0 Å². The summed E-state index contributed by atoms with van der Waals surface area (Å²) in [6.07, 6.45) is -1.71. The van der Waals surface area contributed by atoms with Gasteiger partial charge in [-0.3, -0.25) is 0 Å². The molecule has 2 atom stereocenters. The molecule has 10 heavy (non-hydrogen) atoms. The van der Waals surface area contributed by atoms with Crippen molar-refractivity contribution in [3.8, 4) is 0 Å². The molecule has 4 heteroatoms. The Bertz CT molecular complexity index is 66.1. The number of aliphatic hydroxyl groups is 2. The average Bonchev–Trinajstić information content (AvgIpc) is 1.89. The molecule has 0 rings (SSSR count). The SMILES string of the molecule is COC[C@@H](O)[C@H](O)COC. The Hall–Kier alpha value is -0.160. The molecular formula is C6H14O4. The number of methoxy groups -OCH3 is 2. The van der Waals surface area contributed by atoms with Gasteiger partial charge in [0.1, 0.15) is 12.2 Å². The van der Waals surface area contributed by atoms with E-state index in [0.29, 0.717) is 0 Å². The number of ether oxygens (including phenoxy) is 2. The van der Waals surface area contributed by atoms with Gasteiger partial charge in [-0.1, -0.05) is 0 Å². The third-order valence-corrected chi connectivity index (χ3v) is 1.12. The van der Waals surface area contributed by atoms with Crippen molar-refractivity contribution in [3.05, 3.63) is 0 Å². The molecule has 2 N–H and O–H groups in total. The normalized spacial score (nSPS) is 16.8. The van der Waals surface area contributed by atoms with Crippen LogP contribution in [0.5, 0.6) is 0 Å². The Kier molecular flexibility index (Phi) is 5.52. The van der Waals surface area contributed by atoms with Gasteiger partial charge in [0, 0.05) is 14.2 Å². The van der Waals surface area contributed by atoms with Crippen LogP contribution in [0.2, 0.25) is 0 Å². The highest BCUT2D eigenvalue weighted by atomic mass is 16.5. The number of aliphatic hydroxyl groups excluding tert-OH is 2. The van der Waals surface area contributed by atoms with E-state index in [4.69, 9.17) is 10.2 Å². The van der Waals surface area contributed by atoms with E-state index in [-0.39, 0.29) is 13.2 Å². The summed E-state index contributed by atoms with van der Waals surface area (Å²) in [5, 5.41) is 18.0. The van der Waals surface area contributed by atoms with Crippen molar-refractivity contribution in [2.45, 2.75) is 12.2 Å². The first kappa shape index (κ1) is 9.84. The molecule has 0 aromatic rings. The van der Waals surface area contributed by atoms with Gasteiger partial charge in [-0.05, 0) is 0 Å². The van der Waals surface area contributed by atoms with Crippen molar-refractivity contribution in [1.82, 2.24) is 0 Å². The van der Waals surface area contributed by atoms with Gasteiger partial charge in [0.2, 0.25) is 0 Å². The lowest BCUT2D eigenvalue weighted by molar-refractivity contribution is -0.0555. The molecule has 0 aliphatic carbocycles. The number of rotatable bonds is 5. The lowest BCUT2D eigenvalue weighted by Gasteiger charge is -2.15. The molecule has 0 aromatic carbocycles. The Morgan fingerprint density at radius 3 is 1.50 bits per heavy atom. The van der Waals surface area contributed by atoms with Crippen molar-refractivity contribution in [1.29, 1.82) is 0 Å². The molecule has 0 radical (unpaired) electrons. The van der Waals surface area contributed by atoms with E-state index in [2.05, 4.69) is 9.47 Å². The smallest absolute Gasteiger partial charge is 0.105 e. The van der Waals surface area contributed by atoms with Crippen LogP contribution in [0.4, 0.5) is 0 Å². The highest BCUT2D eigenvalue weighted by Gasteiger charge is 2.14. The first-order valence-electron chi connectivity index (χ1n) is 3.06. The fraction of sp³-hybridized carbons (Fsp3) is 1.00. The summed E-state index contributed by atoms with van der Waals surface area (Å²) in [5.41, 5.74) is 0. The van der Waals surface area contributed by atoms with Crippen molar-refractivity contribution >= 4 is 0 Å². The molecule has 0 saturated heterocycles. The summed E-state index contributed by atoms with van der Waals surface area (Å²) in [6.45, 7) is 0.259. The lowest BCUT2D eigenvalue weighted by atomic mass is 10.2. The molecule has 0 unspecified atom stereocenters. The standard InChI is InChI=1S/C6H14O4/c1-9-3-5(7)6(8)4-10-2/h5-8H,3-4H2,1-2H3/t5-,6-/m1/s1. The summed E-state index contributed by atoms with van der Waals surface area (Å²) in [7, 11) is 2.92. The Morgan fingerprint density at radius 2 is 1.30 bits per heavy atom. The minimum atomic E-state index is -0.857. The summed E-state index contributed by atoms with van der Waals surface area (Å²) >= 11 is 0. The molecule has 0 bridgehead atoms. The first-order chi connectivity index (χ1) is 4.72. The Morgan fingerprint density at radius 1 is 1.00 bits per heavy atom. The summed E-state index contributed by atoms with van der Waals surface area (Å²) < 4.78 is 9.21. The monoisotopic (exact) mass is 150 g/mol. The van der Waals surface area contributed by atoms with E-state index < -0.39 is 12.2 Å². The molecule has 0 aliphatic rings. The molecule has 0 aromatic heterocycles. The van der Waals surface area contributed by atoms with E-state index in [0.717, 1.165) is 0 Å². The van der Waals surface area contributed by atoms with Crippen molar-refractivity contribution < 1.29 is 19.7 Å². The molecule has 0 fully saturated rings. The summed E-state index contributed by atoms with van der Waals surface area (Å²) in [4.78, 5) is 0.